The Hall–Kier alpha value is -4.66. The Morgan fingerprint density at radius 3 is 2.00 bits per heavy atom. The second-order valence-electron chi connectivity index (χ2n) is 9.88. The number of amides is 2. The van der Waals surface area contributed by atoms with E-state index in [1.165, 1.54) is 24.3 Å². The molecular weight excluding hydrogens is 470 g/mol. The van der Waals surface area contributed by atoms with Gasteiger partial charge in [-0.05, 0) is 72.0 Å². The van der Waals surface area contributed by atoms with Crippen LogP contribution in [0.5, 0.6) is 0 Å². The summed E-state index contributed by atoms with van der Waals surface area (Å²) in [6, 6.07) is 15.2. The number of benzene rings is 3. The number of hydrogen-bond acceptors (Lipinski definition) is 5. The molecule has 0 aliphatic carbocycles. The van der Waals surface area contributed by atoms with Crippen molar-refractivity contribution in [1.29, 1.82) is 5.41 Å². The number of nitrogens with two attached hydrogens (primary N) is 2. The third-order valence-electron chi connectivity index (χ3n) is 6.19. The summed E-state index contributed by atoms with van der Waals surface area (Å²) in [6.45, 7) is 7.87. The summed E-state index contributed by atoms with van der Waals surface area (Å²) < 4.78 is 0. The first-order valence-corrected chi connectivity index (χ1v) is 11.6. The lowest BCUT2D eigenvalue weighted by Crippen LogP contribution is -2.41. The van der Waals surface area contributed by atoms with Crippen molar-refractivity contribution in [3.05, 3.63) is 82.9 Å². The second kappa shape index (κ2) is 10.5. The first-order valence-electron chi connectivity index (χ1n) is 11.6. The fourth-order valence-electron chi connectivity index (χ4n) is 3.51. The number of nitrogen functional groups attached to an aromatic ring is 2. The number of rotatable bonds is 7. The van der Waals surface area contributed by atoms with Crippen molar-refractivity contribution < 1.29 is 19.5 Å². The van der Waals surface area contributed by atoms with E-state index in [0.29, 0.717) is 22.5 Å². The van der Waals surface area contributed by atoms with Gasteiger partial charge >= 0.3 is 5.97 Å². The van der Waals surface area contributed by atoms with Crippen molar-refractivity contribution in [3.63, 3.8) is 0 Å². The van der Waals surface area contributed by atoms with E-state index < -0.39 is 11.9 Å². The van der Waals surface area contributed by atoms with Gasteiger partial charge in [0.25, 0.3) is 11.8 Å². The lowest BCUT2D eigenvalue weighted by Gasteiger charge is -2.28. The molecule has 0 aliphatic rings. The Morgan fingerprint density at radius 2 is 1.43 bits per heavy atom. The summed E-state index contributed by atoms with van der Waals surface area (Å²) >= 11 is 0. The van der Waals surface area contributed by atoms with Crippen molar-refractivity contribution in [2.75, 3.05) is 11.1 Å². The highest BCUT2D eigenvalue weighted by Gasteiger charge is 2.24. The lowest BCUT2D eigenvalue weighted by molar-refractivity contribution is 0.0697. The van der Waals surface area contributed by atoms with Gasteiger partial charge in [0.2, 0.25) is 0 Å². The average molecular weight is 502 g/mol. The number of amidine groups is 1. The Morgan fingerprint density at radius 1 is 0.865 bits per heavy atom. The lowest BCUT2D eigenvalue weighted by atomic mass is 9.87. The normalized spacial score (nSPS) is 11.9. The third-order valence-corrected chi connectivity index (χ3v) is 6.19. The van der Waals surface area contributed by atoms with Crippen LogP contribution in [0.2, 0.25) is 0 Å². The van der Waals surface area contributed by atoms with E-state index in [-0.39, 0.29) is 45.5 Å². The van der Waals surface area contributed by atoms with Gasteiger partial charge in [0.1, 0.15) is 5.84 Å². The van der Waals surface area contributed by atoms with E-state index in [9.17, 15) is 19.5 Å². The predicted octanol–water partition coefficient (Wildman–Crippen LogP) is 4.33. The Kier molecular flexibility index (Phi) is 7.67. The Balaban J connectivity index is 1.99. The fraction of sp³-hybridized carbons (Fsp3) is 0.214. The fourth-order valence-corrected chi connectivity index (χ4v) is 3.51. The molecule has 192 valence electrons. The molecule has 0 saturated carbocycles. The van der Waals surface area contributed by atoms with Gasteiger partial charge in [0.05, 0.1) is 5.56 Å². The Labute approximate surface area is 215 Å². The van der Waals surface area contributed by atoms with E-state index in [0.717, 1.165) is 0 Å². The van der Waals surface area contributed by atoms with Crippen LogP contribution in [-0.2, 0) is 0 Å². The average Bonchev–Trinajstić information content (AvgIpc) is 2.83. The van der Waals surface area contributed by atoms with Crippen molar-refractivity contribution in [2.24, 2.45) is 11.1 Å². The molecule has 37 heavy (non-hydrogen) atoms. The highest BCUT2D eigenvalue weighted by atomic mass is 16.4. The maximum atomic E-state index is 13.2. The van der Waals surface area contributed by atoms with Gasteiger partial charge in [0, 0.05) is 34.1 Å². The van der Waals surface area contributed by atoms with Gasteiger partial charge in [0.15, 0.2) is 0 Å². The van der Waals surface area contributed by atoms with Crippen molar-refractivity contribution in [3.8, 4) is 11.1 Å². The topological polar surface area (TPSA) is 171 Å². The molecule has 0 saturated heterocycles. The minimum absolute atomic E-state index is 0.0952. The molecule has 0 radical (unpaired) electrons. The summed E-state index contributed by atoms with van der Waals surface area (Å²) in [5, 5.41) is 23.1. The first-order chi connectivity index (χ1) is 17.3. The maximum Gasteiger partial charge on any atom is 0.336 e. The van der Waals surface area contributed by atoms with Crippen LogP contribution < -0.4 is 22.1 Å². The third kappa shape index (κ3) is 6.32. The molecule has 3 rings (SSSR count). The predicted molar refractivity (Wildman–Crippen MR) is 145 cm³/mol. The second-order valence-corrected chi connectivity index (χ2v) is 9.88. The quantitative estimate of drug-likeness (QED) is 0.160. The van der Waals surface area contributed by atoms with Gasteiger partial charge < -0.3 is 27.2 Å². The molecule has 0 bridgehead atoms. The van der Waals surface area contributed by atoms with E-state index in [1.54, 1.807) is 36.4 Å². The van der Waals surface area contributed by atoms with E-state index in [2.05, 4.69) is 10.6 Å². The number of carbonyl (C=O) groups is 3. The summed E-state index contributed by atoms with van der Waals surface area (Å²) in [4.78, 5) is 38.2. The molecule has 1 atom stereocenters. The molecule has 0 aromatic heterocycles. The number of anilines is 2. The summed E-state index contributed by atoms with van der Waals surface area (Å²) in [5.74, 6) is -2.23. The van der Waals surface area contributed by atoms with Crippen LogP contribution in [0, 0.1) is 10.8 Å². The van der Waals surface area contributed by atoms with Gasteiger partial charge in [-0.1, -0.05) is 32.9 Å². The molecule has 9 nitrogen and oxygen atoms in total. The van der Waals surface area contributed by atoms with Crippen LogP contribution in [0.25, 0.3) is 11.1 Å². The Bertz CT molecular complexity index is 1370. The van der Waals surface area contributed by atoms with Crippen LogP contribution in [0.4, 0.5) is 11.4 Å². The van der Waals surface area contributed by atoms with E-state index >= 15 is 0 Å². The molecule has 8 N–H and O–H groups in total. The summed E-state index contributed by atoms with van der Waals surface area (Å²) in [6.07, 6.45) is 0. The van der Waals surface area contributed by atoms with Crippen LogP contribution in [0.15, 0.2) is 60.7 Å². The first kappa shape index (κ1) is 26.9. The van der Waals surface area contributed by atoms with Crippen molar-refractivity contribution in [1.82, 2.24) is 5.32 Å². The minimum atomic E-state index is -1.24. The number of carboxylic acids is 1. The van der Waals surface area contributed by atoms with Crippen LogP contribution >= 0.6 is 0 Å². The molecule has 0 aliphatic heterocycles. The number of carboxylic acid groups (broad SMARTS) is 1. The molecule has 2 amide bonds. The zero-order valence-electron chi connectivity index (χ0n) is 21.2. The van der Waals surface area contributed by atoms with E-state index in [1.807, 2.05) is 27.7 Å². The van der Waals surface area contributed by atoms with Crippen LogP contribution in [0.3, 0.4) is 0 Å². The zero-order chi connectivity index (χ0) is 27.5. The highest BCUT2D eigenvalue weighted by Crippen LogP contribution is 2.31. The maximum absolute atomic E-state index is 13.2. The molecule has 0 spiro atoms. The smallest absolute Gasteiger partial charge is 0.336 e. The summed E-state index contributed by atoms with van der Waals surface area (Å²) in [5.41, 5.74) is 13.4. The van der Waals surface area contributed by atoms with Gasteiger partial charge in [-0.3, -0.25) is 15.0 Å². The van der Waals surface area contributed by atoms with Crippen molar-refractivity contribution in [2.45, 2.75) is 33.7 Å². The number of hydrogen-bond donors (Lipinski definition) is 6. The molecule has 3 aromatic carbocycles. The highest BCUT2D eigenvalue weighted by molar-refractivity contribution is 6.11. The molecule has 1 unspecified atom stereocenters. The number of carbonyl (C=O) groups excluding carboxylic acids is 2. The zero-order valence-corrected chi connectivity index (χ0v) is 21.2. The standard InChI is InChI=1S/C28H31N5O4/c1-15(28(2,3)4)32-25(34)17-7-11-21(23(13-17)27(36)37)20-12-8-18(29)14-22(20)26(35)33-19-9-5-16(6-10-19)24(30)31/h5-15H,29H2,1-4H3,(H3,30,31)(H,32,34)(H,33,35)(H,36,37). The van der Waals surface area contributed by atoms with Crippen LogP contribution in [0.1, 0.15) is 64.3 Å². The molecular formula is C28H31N5O4. The van der Waals surface area contributed by atoms with Gasteiger partial charge in [-0.2, -0.15) is 0 Å². The SMILES string of the molecule is CC(NC(=O)c1ccc(-c2ccc(N)cc2C(=O)Nc2ccc(C(=N)N)cc2)c(C(=O)O)c1)C(C)(C)C. The van der Waals surface area contributed by atoms with Crippen molar-refractivity contribution >= 4 is 35.0 Å². The minimum Gasteiger partial charge on any atom is -0.478 e. The number of aromatic carboxylic acids is 1. The van der Waals surface area contributed by atoms with Crippen LogP contribution in [-0.4, -0.2) is 34.8 Å². The van der Waals surface area contributed by atoms with E-state index in [4.69, 9.17) is 16.9 Å². The largest absolute Gasteiger partial charge is 0.478 e. The molecule has 0 heterocycles. The number of nitrogens with one attached hydrogen (secondary N) is 3. The van der Waals surface area contributed by atoms with Gasteiger partial charge in [-0.25, -0.2) is 4.79 Å². The van der Waals surface area contributed by atoms with Gasteiger partial charge in [-0.15, -0.1) is 0 Å². The molecule has 9 heteroatoms. The monoisotopic (exact) mass is 501 g/mol. The summed E-state index contributed by atoms with van der Waals surface area (Å²) in [7, 11) is 0. The molecule has 0 fully saturated rings. The molecule has 3 aromatic rings.